The summed E-state index contributed by atoms with van der Waals surface area (Å²) in [6, 6.07) is 0. The minimum atomic E-state index is -0.103. The Bertz CT molecular complexity index is 239. The summed E-state index contributed by atoms with van der Waals surface area (Å²) in [5.41, 5.74) is 0.528. The highest BCUT2D eigenvalue weighted by molar-refractivity contribution is 5.92. The summed E-state index contributed by atoms with van der Waals surface area (Å²) < 4.78 is 0.440. The van der Waals surface area contributed by atoms with Crippen molar-refractivity contribution in [2.75, 3.05) is 20.2 Å². The lowest BCUT2D eigenvalue weighted by Gasteiger charge is -2.39. The number of carbonyl (C=O) groups is 1. The maximum atomic E-state index is 11.6. The third-order valence-corrected chi connectivity index (χ3v) is 3.07. The van der Waals surface area contributed by atoms with E-state index in [4.69, 9.17) is 4.84 Å². The van der Waals surface area contributed by atoms with Crippen LogP contribution in [0.5, 0.6) is 0 Å². The number of quaternary nitrogens is 1. The van der Waals surface area contributed by atoms with E-state index < -0.39 is 0 Å². The van der Waals surface area contributed by atoms with Gasteiger partial charge in [-0.3, -0.25) is 4.79 Å². The first-order valence-electron chi connectivity index (χ1n) is 5.86. The van der Waals surface area contributed by atoms with Crippen molar-refractivity contribution >= 4 is 5.91 Å². The Morgan fingerprint density at radius 3 is 2.12 bits per heavy atom. The number of hydrogen-bond donors (Lipinski definition) is 1. The highest BCUT2D eigenvalue weighted by Crippen LogP contribution is 2.15. The minimum absolute atomic E-state index is 0.0239. The van der Waals surface area contributed by atoms with Crippen LogP contribution < -0.4 is 5.32 Å². The molecule has 0 aromatic heterocycles. The third-order valence-electron chi connectivity index (χ3n) is 3.07. The van der Waals surface area contributed by atoms with Crippen LogP contribution in [0.1, 0.15) is 34.1 Å². The average Bonchev–Trinajstić information content (AvgIpc) is 2.29. The van der Waals surface area contributed by atoms with Crippen LogP contribution in [0.3, 0.4) is 0 Å². The fourth-order valence-corrected chi connectivity index (χ4v) is 1.88. The van der Waals surface area contributed by atoms with E-state index in [1.807, 2.05) is 6.92 Å². The van der Waals surface area contributed by atoms with Gasteiger partial charge in [0.25, 0.3) is 5.91 Å². The largest absolute Gasteiger partial charge is 0.301 e. The zero-order valence-electron chi connectivity index (χ0n) is 11.2. The fraction of sp³-hybridized carbons (Fsp3) is 0.750. The summed E-state index contributed by atoms with van der Waals surface area (Å²) in [4.78, 5) is 17.2. The highest BCUT2D eigenvalue weighted by Gasteiger charge is 2.35. The number of nitrogens with one attached hydrogen (secondary N) is 1. The molecule has 0 radical (unpaired) electrons. The van der Waals surface area contributed by atoms with Crippen LogP contribution in [0.4, 0.5) is 0 Å². The van der Waals surface area contributed by atoms with Gasteiger partial charge in [0.05, 0.1) is 7.11 Å². The molecule has 0 saturated carbocycles. The molecule has 0 saturated heterocycles. The zero-order chi connectivity index (χ0) is 12.8. The van der Waals surface area contributed by atoms with Gasteiger partial charge in [-0.25, -0.2) is 4.84 Å². The quantitative estimate of drug-likeness (QED) is 0.313. The van der Waals surface area contributed by atoms with Crippen molar-refractivity contribution in [3.63, 3.8) is 0 Å². The maximum Gasteiger partial charge on any atom is 0.250 e. The molecule has 0 spiro atoms. The first kappa shape index (κ1) is 15.1. The monoisotopic (exact) mass is 229 g/mol. The van der Waals surface area contributed by atoms with E-state index in [1.54, 1.807) is 14.0 Å². The second-order valence-corrected chi connectivity index (χ2v) is 3.95. The molecule has 94 valence electrons. The molecule has 16 heavy (non-hydrogen) atoms. The number of rotatable bonds is 7. The lowest BCUT2D eigenvalue weighted by Crippen LogP contribution is -2.61. The average molecular weight is 229 g/mol. The van der Waals surface area contributed by atoms with Gasteiger partial charge in [-0.05, 0) is 20.8 Å². The second-order valence-electron chi connectivity index (χ2n) is 3.95. The van der Waals surface area contributed by atoms with Gasteiger partial charge in [0, 0.05) is 12.0 Å². The predicted octanol–water partition coefficient (Wildman–Crippen LogP) is 1.83. The molecule has 4 heteroatoms. The van der Waals surface area contributed by atoms with E-state index in [1.165, 1.54) is 0 Å². The van der Waals surface area contributed by atoms with Crippen molar-refractivity contribution in [2.24, 2.45) is 0 Å². The normalized spacial score (nSPS) is 13.3. The van der Waals surface area contributed by atoms with Crippen molar-refractivity contribution < 1.29 is 14.3 Å². The molecule has 0 aromatic rings. The van der Waals surface area contributed by atoms with E-state index in [2.05, 4.69) is 25.7 Å². The van der Waals surface area contributed by atoms with Crippen LogP contribution in [0.25, 0.3) is 0 Å². The molecule has 0 aliphatic carbocycles. The van der Waals surface area contributed by atoms with Crippen molar-refractivity contribution in [1.29, 1.82) is 0 Å². The van der Waals surface area contributed by atoms with Crippen molar-refractivity contribution in [2.45, 2.75) is 40.3 Å². The second kappa shape index (κ2) is 6.66. The molecular weight excluding hydrogens is 204 g/mol. The molecule has 1 unspecified atom stereocenters. The van der Waals surface area contributed by atoms with Gasteiger partial charge in [0.15, 0.2) is 6.17 Å². The molecule has 1 amide bonds. The van der Waals surface area contributed by atoms with E-state index in [9.17, 15) is 4.79 Å². The first-order valence-corrected chi connectivity index (χ1v) is 5.86. The molecular formula is C12H25N2O2+. The van der Waals surface area contributed by atoms with Gasteiger partial charge in [-0.2, -0.15) is 4.65 Å². The number of nitrogens with zero attached hydrogens (tertiary/aromatic N) is 1. The summed E-state index contributed by atoms with van der Waals surface area (Å²) in [6.45, 7) is 13.2. The molecule has 0 aliphatic heterocycles. The predicted molar refractivity (Wildman–Crippen MR) is 65.4 cm³/mol. The Hall–Kier alpha value is -0.870. The Kier molecular flexibility index (Phi) is 6.29. The first-order chi connectivity index (χ1) is 7.47. The molecule has 0 aromatic carbocycles. The number of amides is 1. The van der Waals surface area contributed by atoms with Gasteiger partial charge in [-0.1, -0.05) is 13.5 Å². The zero-order valence-corrected chi connectivity index (χ0v) is 11.2. The van der Waals surface area contributed by atoms with E-state index in [0.29, 0.717) is 10.2 Å². The fourth-order valence-electron chi connectivity index (χ4n) is 1.88. The lowest BCUT2D eigenvalue weighted by atomic mass is 10.2. The summed E-state index contributed by atoms with van der Waals surface area (Å²) in [5.74, 6) is -0.103. The Labute approximate surface area is 98.8 Å². The smallest absolute Gasteiger partial charge is 0.250 e. The molecule has 0 heterocycles. The maximum absolute atomic E-state index is 11.6. The van der Waals surface area contributed by atoms with Crippen LogP contribution in [-0.4, -0.2) is 36.9 Å². The number of hydrogen-bond acceptors (Lipinski definition) is 2. The Morgan fingerprint density at radius 2 is 1.88 bits per heavy atom. The lowest BCUT2D eigenvalue weighted by molar-refractivity contribution is -1.12. The summed E-state index contributed by atoms with van der Waals surface area (Å²) in [5, 5.41) is 2.97. The SMILES string of the molecule is C=C(C)C(=O)NC(CC)[N+](CC)(CC)OC. The van der Waals surface area contributed by atoms with Crippen LogP contribution in [-0.2, 0) is 9.63 Å². The minimum Gasteiger partial charge on any atom is -0.301 e. The summed E-state index contributed by atoms with van der Waals surface area (Å²) in [6.07, 6.45) is 0.804. The van der Waals surface area contributed by atoms with Crippen LogP contribution in [0.2, 0.25) is 0 Å². The van der Waals surface area contributed by atoms with E-state index >= 15 is 0 Å². The van der Waals surface area contributed by atoms with Crippen molar-refractivity contribution in [3.8, 4) is 0 Å². The van der Waals surface area contributed by atoms with Crippen molar-refractivity contribution in [3.05, 3.63) is 12.2 Å². The standard InChI is InChI=1S/C12H24N2O2/c1-7-11(13-12(15)10(4)5)14(8-2,9-3)16-6/h11H,4,7-9H2,1-3,5-6H3/p+1. The van der Waals surface area contributed by atoms with Crippen LogP contribution in [0, 0.1) is 0 Å². The van der Waals surface area contributed by atoms with Gasteiger partial charge in [0.2, 0.25) is 0 Å². The number of hydroxylamine groups is 3. The van der Waals surface area contributed by atoms with Gasteiger partial charge >= 0.3 is 0 Å². The van der Waals surface area contributed by atoms with Gasteiger partial charge in [0.1, 0.15) is 13.1 Å². The molecule has 0 fully saturated rings. The third kappa shape index (κ3) is 3.32. The Morgan fingerprint density at radius 1 is 1.38 bits per heavy atom. The van der Waals surface area contributed by atoms with E-state index in [0.717, 1.165) is 19.5 Å². The van der Waals surface area contributed by atoms with Gasteiger partial charge < -0.3 is 5.32 Å². The number of carbonyl (C=O) groups excluding carboxylic acids is 1. The topological polar surface area (TPSA) is 38.3 Å². The summed E-state index contributed by atoms with van der Waals surface area (Å²) >= 11 is 0. The molecule has 0 bridgehead atoms. The molecule has 0 aliphatic rings. The van der Waals surface area contributed by atoms with E-state index in [-0.39, 0.29) is 12.1 Å². The Balaban J connectivity index is 4.81. The van der Waals surface area contributed by atoms with Crippen LogP contribution in [0.15, 0.2) is 12.2 Å². The summed E-state index contributed by atoms with van der Waals surface area (Å²) in [7, 11) is 1.68. The molecule has 0 rings (SSSR count). The van der Waals surface area contributed by atoms with Gasteiger partial charge in [-0.15, -0.1) is 0 Å². The molecule has 4 nitrogen and oxygen atoms in total. The molecule has 1 N–H and O–H groups in total. The highest BCUT2D eigenvalue weighted by atomic mass is 16.7. The van der Waals surface area contributed by atoms with Crippen molar-refractivity contribution in [1.82, 2.24) is 5.32 Å². The van der Waals surface area contributed by atoms with Crippen LogP contribution >= 0.6 is 0 Å². The molecule has 1 atom stereocenters.